The van der Waals surface area contributed by atoms with Crippen molar-refractivity contribution in [2.24, 2.45) is 0 Å². The second kappa shape index (κ2) is 4.09. The van der Waals surface area contributed by atoms with Crippen molar-refractivity contribution in [3.8, 4) is 0 Å². The molecule has 0 aromatic heterocycles. The number of rotatable bonds is 2. The van der Waals surface area contributed by atoms with Gasteiger partial charge in [-0.2, -0.15) is 0 Å². The first-order valence-corrected chi connectivity index (χ1v) is 4.84. The largest absolute Gasteiger partial charge is 0.259 e. The van der Waals surface area contributed by atoms with Gasteiger partial charge in [0.1, 0.15) is 0 Å². The highest BCUT2D eigenvalue weighted by Gasteiger charge is 2.04. The van der Waals surface area contributed by atoms with Crippen molar-refractivity contribution in [2.45, 2.75) is 12.8 Å². The highest BCUT2D eigenvalue weighted by atomic mass is 16.6. The fourth-order valence-electron chi connectivity index (χ4n) is 1.71. The van der Waals surface area contributed by atoms with E-state index in [4.69, 9.17) is 0 Å². The highest BCUT2D eigenvalue weighted by molar-refractivity contribution is 5.52. The van der Waals surface area contributed by atoms with E-state index in [0.717, 1.165) is 24.6 Å². The third-order valence-electron chi connectivity index (χ3n) is 2.46. The number of fused-ring (bicyclic) bond motifs is 1. The van der Waals surface area contributed by atoms with Crippen molar-refractivity contribution in [1.82, 2.24) is 0 Å². The minimum Gasteiger partial charge on any atom is -0.259 e. The molecule has 0 atom stereocenters. The minimum atomic E-state index is -0.445. The average Bonchev–Trinajstić information content (AvgIpc) is 2.26. The van der Waals surface area contributed by atoms with Crippen LogP contribution in [0.15, 0.2) is 36.6 Å². The fraction of sp³-hybridized carbons (Fsp3) is 0.167. The van der Waals surface area contributed by atoms with Crippen LogP contribution in [0.1, 0.15) is 16.7 Å². The predicted molar refractivity (Wildman–Crippen MR) is 59.0 cm³/mol. The molecule has 0 amide bonds. The first-order valence-electron chi connectivity index (χ1n) is 4.84. The van der Waals surface area contributed by atoms with Gasteiger partial charge in [0.05, 0.1) is 4.92 Å². The molecule has 0 fully saturated rings. The predicted octanol–water partition coefficient (Wildman–Crippen LogP) is 2.59. The van der Waals surface area contributed by atoms with Crippen molar-refractivity contribution >= 4 is 6.08 Å². The summed E-state index contributed by atoms with van der Waals surface area (Å²) >= 11 is 0. The van der Waals surface area contributed by atoms with Crippen molar-refractivity contribution in [2.75, 3.05) is 0 Å². The Morgan fingerprint density at radius 2 is 1.93 bits per heavy atom. The molecule has 1 aliphatic carbocycles. The quantitative estimate of drug-likeness (QED) is 0.419. The van der Waals surface area contributed by atoms with Crippen molar-refractivity contribution in [3.63, 3.8) is 0 Å². The van der Waals surface area contributed by atoms with E-state index in [1.807, 2.05) is 18.2 Å². The van der Waals surface area contributed by atoms with E-state index in [-0.39, 0.29) is 0 Å². The average molecular weight is 201 g/mol. The topological polar surface area (TPSA) is 43.1 Å². The van der Waals surface area contributed by atoms with Gasteiger partial charge in [0.15, 0.2) is 0 Å². The summed E-state index contributed by atoms with van der Waals surface area (Å²) in [5.41, 5.74) is 3.47. The van der Waals surface area contributed by atoms with Gasteiger partial charge in [-0.3, -0.25) is 10.1 Å². The summed E-state index contributed by atoms with van der Waals surface area (Å²) in [6, 6.07) is 5.97. The Morgan fingerprint density at radius 1 is 1.20 bits per heavy atom. The Balaban J connectivity index is 2.26. The molecule has 0 heterocycles. The molecule has 0 N–H and O–H groups in total. The second-order valence-electron chi connectivity index (χ2n) is 3.51. The molecule has 3 nitrogen and oxygen atoms in total. The third kappa shape index (κ3) is 2.31. The lowest BCUT2D eigenvalue weighted by Gasteiger charge is -2.10. The molecule has 1 aliphatic rings. The normalized spacial score (nSPS) is 14.1. The third-order valence-corrected chi connectivity index (χ3v) is 2.46. The van der Waals surface area contributed by atoms with E-state index >= 15 is 0 Å². The fourth-order valence-corrected chi connectivity index (χ4v) is 1.71. The van der Waals surface area contributed by atoms with Crippen molar-refractivity contribution in [3.05, 3.63) is 63.4 Å². The Hall–Kier alpha value is -1.90. The Bertz CT molecular complexity index is 447. The van der Waals surface area contributed by atoms with Gasteiger partial charge >= 0.3 is 0 Å². The smallest absolute Gasteiger partial charge is 0.235 e. The van der Waals surface area contributed by atoms with Gasteiger partial charge in [-0.25, -0.2) is 0 Å². The summed E-state index contributed by atoms with van der Waals surface area (Å²) in [5, 5.41) is 10.2. The molecule has 0 radical (unpaired) electrons. The molecular formula is C12H11NO2. The van der Waals surface area contributed by atoms with Crippen LogP contribution in [0.2, 0.25) is 0 Å². The Kier molecular flexibility index (Phi) is 2.63. The van der Waals surface area contributed by atoms with Crippen molar-refractivity contribution in [1.29, 1.82) is 0 Å². The molecule has 0 unspecified atom stereocenters. The maximum atomic E-state index is 10.2. The number of hydrogen-bond acceptors (Lipinski definition) is 2. The minimum absolute atomic E-state index is 0.445. The van der Waals surface area contributed by atoms with Crippen molar-refractivity contribution < 1.29 is 4.92 Å². The van der Waals surface area contributed by atoms with Crippen LogP contribution in [0.4, 0.5) is 0 Å². The molecule has 0 spiro atoms. The molecule has 0 bridgehead atoms. The van der Waals surface area contributed by atoms with E-state index in [9.17, 15) is 10.1 Å². The molecule has 3 heteroatoms. The lowest BCUT2D eigenvalue weighted by Crippen LogP contribution is -1.97. The van der Waals surface area contributed by atoms with E-state index in [2.05, 4.69) is 12.2 Å². The number of allylic oxidation sites excluding steroid dienone is 2. The Morgan fingerprint density at radius 3 is 2.67 bits per heavy atom. The summed E-state index contributed by atoms with van der Waals surface area (Å²) in [5.74, 6) is 0. The summed E-state index contributed by atoms with van der Waals surface area (Å²) in [6.07, 6.45) is 8.67. The van der Waals surface area contributed by atoms with Crippen LogP contribution in [-0.4, -0.2) is 4.92 Å². The van der Waals surface area contributed by atoms with Gasteiger partial charge in [0.2, 0.25) is 6.20 Å². The first-order chi connectivity index (χ1) is 7.25. The lowest BCUT2D eigenvalue weighted by molar-refractivity contribution is -0.400. The standard InChI is InChI=1S/C12H11NO2/c14-13(15)8-7-10-5-6-11-3-1-2-4-12(11)9-10/h1-2,5-9H,3-4H2/b8-7-. The van der Waals surface area contributed by atoms with Gasteiger partial charge < -0.3 is 0 Å². The molecule has 15 heavy (non-hydrogen) atoms. The van der Waals surface area contributed by atoms with E-state index < -0.39 is 4.92 Å². The first kappa shape index (κ1) is 9.65. The molecule has 2 rings (SSSR count). The molecular weight excluding hydrogens is 190 g/mol. The summed E-state index contributed by atoms with van der Waals surface area (Å²) in [6.45, 7) is 0. The Labute approximate surface area is 87.9 Å². The molecule has 0 saturated heterocycles. The van der Waals surface area contributed by atoms with E-state index in [1.54, 1.807) is 0 Å². The maximum Gasteiger partial charge on any atom is 0.235 e. The summed E-state index contributed by atoms with van der Waals surface area (Å²) in [4.78, 5) is 9.72. The zero-order chi connectivity index (χ0) is 10.7. The zero-order valence-electron chi connectivity index (χ0n) is 8.22. The number of hydrogen-bond donors (Lipinski definition) is 0. The number of nitrogens with zero attached hydrogens (tertiary/aromatic N) is 1. The van der Waals surface area contributed by atoms with Gasteiger partial charge in [0, 0.05) is 6.08 Å². The maximum absolute atomic E-state index is 10.2. The van der Waals surface area contributed by atoms with Gasteiger partial charge in [0.25, 0.3) is 0 Å². The molecule has 0 saturated carbocycles. The van der Waals surface area contributed by atoms with E-state index in [1.165, 1.54) is 17.2 Å². The van der Waals surface area contributed by atoms with Gasteiger partial charge in [-0.05, 0) is 29.5 Å². The number of benzene rings is 1. The number of nitro groups is 1. The van der Waals surface area contributed by atoms with Crippen LogP contribution >= 0.6 is 0 Å². The second-order valence-corrected chi connectivity index (χ2v) is 3.51. The van der Waals surface area contributed by atoms with Crippen LogP contribution in [0.5, 0.6) is 0 Å². The van der Waals surface area contributed by atoms with Crippen LogP contribution in [0.25, 0.3) is 6.08 Å². The zero-order valence-corrected chi connectivity index (χ0v) is 8.22. The van der Waals surface area contributed by atoms with E-state index in [0.29, 0.717) is 0 Å². The van der Waals surface area contributed by atoms with Gasteiger partial charge in [-0.15, -0.1) is 0 Å². The van der Waals surface area contributed by atoms with Crippen LogP contribution < -0.4 is 0 Å². The van der Waals surface area contributed by atoms with Gasteiger partial charge in [-0.1, -0.05) is 30.4 Å². The van der Waals surface area contributed by atoms with Crippen LogP contribution in [0, 0.1) is 10.1 Å². The lowest BCUT2D eigenvalue weighted by atomic mass is 9.95. The summed E-state index contributed by atoms with van der Waals surface area (Å²) < 4.78 is 0. The highest BCUT2D eigenvalue weighted by Crippen LogP contribution is 2.18. The van der Waals surface area contributed by atoms with Crippen LogP contribution in [-0.2, 0) is 12.8 Å². The molecule has 76 valence electrons. The SMILES string of the molecule is O=[N+]([O-])/C=C\c1ccc2c(c1)CC=CC2. The van der Waals surface area contributed by atoms with Crippen LogP contribution in [0.3, 0.4) is 0 Å². The monoisotopic (exact) mass is 201 g/mol. The summed E-state index contributed by atoms with van der Waals surface area (Å²) in [7, 11) is 0. The molecule has 0 aliphatic heterocycles. The molecule has 1 aromatic carbocycles. The molecule has 1 aromatic rings.